The minimum absolute atomic E-state index is 0.253. The number of nitrogens with one attached hydrogen (secondary N) is 2. The van der Waals surface area contributed by atoms with Crippen LogP contribution in [0.2, 0.25) is 0 Å². The van der Waals surface area contributed by atoms with Crippen LogP contribution >= 0.6 is 0 Å². The third-order valence-electron chi connectivity index (χ3n) is 2.90. The van der Waals surface area contributed by atoms with Crippen LogP contribution in [0.4, 0.5) is 4.79 Å². The number of aliphatic hydroxyl groups is 1. The number of carbonyl (C=O) groups is 2. The first-order chi connectivity index (χ1) is 10.1. The van der Waals surface area contributed by atoms with Gasteiger partial charge in [-0.3, -0.25) is 4.98 Å². The molecule has 110 valence electrons. The lowest BCUT2D eigenvalue weighted by atomic mass is 10.1. The normalized spacial score (nSPS) is 11.9. The number of amides is 2. The van der Waals surface area contributed by atoms with E-state index in [4.69, 9.17) is 10.2 Å². The van der Waals surface area contributed by atoms with Gasteiger partial charge in [-0.2, -0.15) is 0 Å². The molecule has 1 atom stereocenters. The summed E-state index contributed by atoms with van der Waals surface area (Å²) in [6, 6.07) is 8.85. The van der Waals surface area contributed by atoms with E-state index in [1.165, 1.54) is 0 Å². The number of aliphatic carboxylic acids is 1. The Hall–Kier alpha value is -2.67. The van der Waals surface area contributed by atoms with Gasteiger partial charge in [-0.15, -0.1) is 0 Å². The van der Waals surface area contributed by atoms with Crippen LogP contribution in [-0.4, -0.2) is 39.8 Å². The first kappa shape index (κ1) is 14.7. The van der Waals surface area contributed by atoms with E-state index in [1.54, 1.807) is 6.20 Å². The van der Waals surface area contributed by atoms with Crippen molar-refractivity contribution in [2.24, 2.45) is 0 Å². The number of urea groups is 1. The van der Waals surface area contributed by atoms with E-state index in [1.807, 2.05) is 30.3 Å². The number of pyridine rings is 1. The molecule has 0 saturated heterocycles. The van der Waals surface area contributed by atoms with Crippen LogP contribution in [0.1, 0.15) is 5.56 Å². The summed E-state index contributed by atoms with van der Waals surface area (Å²) in [7, 11) is 0. The predicted octanol–water partition coefficient (Wildman–Crippen LogP) is 0.480. The molecule has 0 bridgehead atoms. The Morgan fingerprint density at radius 3 is 2.71 bits per heavy atom. The molecule has 2 amide bonds. The molecular formula is C14H15N3O4. The van der Waals surface area contributed by atoms with E-state index in [-0.39, 0.29) is 13.1 Å². The van der Waals surface area contributed by atoms with E-state index >= 15 is 0 Å². The van der Waals surface area contributed by atoms with Gasteiger partial charge in [0.15, 0.2) is 6.10 Å². The smallest absolute Gasteiger partial charge is 0.334 e. The zero-order chi connectivity index (χ0) is 15.2. The second-order valence-electron chi connectivity index (χ2n) is 4.41. The van der Waals surface area contributed by atoms with Crippen molar-refractivity contribution in [1.82, 2.24) is 15.6 Å². The summed E-state index contributed by atoms with van der Waals surface area (Å²) < 4.78 is 0. The molecule has 0 radical (unpaired) electrons. The quantitative estimate of drug-likeness (QED) is 0.639. The van der Waals surface area contributed by atoms with Gasteiger partial charge < -0.3 is 20.8 Å². The molecule has 0 aliphatic rings. The number of carboxylic acids is 1. The minimum atomic E-state index is -1.62. The monoisotopic (exact) mass is 289 g/mol. The first-order valence-electron chi connectivity index (χ1n) is 6.33. The van der Waals surface area contributed by atoms with E-state index in [0.717, 1.165) is 16.5 Å². The number of benzene rings is 1. The summed E-state index contributed by atoms with van der Waals surface area (Å²) in [5.74, 6) is -1.38. The Balaban J connectivity index is 1.93. The van der Waals surface area contributed by atoms with Gasteiger partial charge in [-0.25, -0.2) is 9.59 Å². The number of nitrogens with zero attached hydrogens (tertiary/aromatic N) is 1. The largest absolute Gasteiger partial charge is 0.479 e. The fourth-order valence-electron chi connectivity index (χ4n) is 1.82. The molecule has 2 rings (SSSR count). The van der Waals surface area contributed by atoms with E-state index in [2.05, 4.69) is 15.6 Å². The van der Waals surface area contributed by atoms with Crippen LogP contribution in [0.15, 0.2) is 36.5 Å². The number of fused-ring (bicyclic) bond motifs is 1. The predicted molar refractivity (Wildman–Crippen MR) is 75.6 cm³/mol. The van der Waals surface area contributed by atoms with E-state index in [0.29, 0.717) is 0 Å². The fraction of sp³-hybridized carbons (Fsp3) is 0.214. The Morgan fingerprint density at radius 1 is 1.19 bits per heavy atom. The molecule has 4 N–H and O–H groups in total. The molecule has 1 aromatic heterocycles. The standard InChI is InChI=1S/C14H15N3O4/c18-11(13(19)20)8-17-14(21)16-7-10-4-1-3-9-5-2-6-15-12(9)10/h1-6,11,18H,7-8H2,(H,19,20)(H2,16,17,21)/t11-/m0/s1. The van der Waals surface area contributed by atoms with Crippen molar-refractivity contribution in [3.05, 3.63) is 42.1 Å². The third kappa shape index (κ3) is 3.90. The highest BCUT2D eigenvalue weighted by Gasteiger charge is 2.13. The Kier molecular flexibility index (Phi) is 4.68. The summed E-state index contributed by atoms with van der Waals surface area (Å²) in [6.07, 6.45) is 0.0599. The van der Waals surface area contributed by atoms with Crippen molar-refractivity contribution in [3.8, 4) is 0 Å². The first-order valence-corrected chi connectivity index (χ1v) is 6.33. The van der Waals surface area contributed by atoms with Crippen molar-refractivity contribution in [1.29, 1.82) is 0 Å². The minimum Gasteiger partial charge on any atom is -0.479 e. The summed E-state index contributed by atoms with van der Waals surface area (Å²) in [6.45, 7) is -0.0989. The van der Waals surface area contributed by atoms with Crippen molar-refractivity contribution in [3.63, 3.8) is 0 Å². The van der Waals surface area contributed by atoms with Gasteiger partial charge in [0.05, 0.1) is 12.1 Å². The van der Waals surface area contributed by atoms with Gasteiger partial charge >= 0.3 is 12.0 Å². The maximum Gasteiger partial charge on any atom is 0.334 e. The average Bonchev–Trinajstić information content (AvgIpc) is 2.50. The lowest BCUT2D eigenvalue weighted by Gasteiger charge is -2.10. The molecule has 0 saturated carbocycles. The number of carbonyl (C=O) groups excluding carboxylic acids is 1. The van der Waals surface area contributed by atoms with Crippen LogP contribution in [-0.2, 0) is 11.3 Å². The lowest BCUT2D eigenvalue weighted by Crippen LogP contribution is -2.41. The topological polar surface area (TPSA) is 112 Å². The Bertz CT molecular complexity index is 654. The van der Waals surface area contributed by atoms with Crippen molar-refractivity contribution < 1.29 is 19.8 Å². The summed E-state index contributed by atoms with van der Waals surface area (Å²) in [4.78, 5) is 26.2. The molecular weight excluding hydrogens is 274 g/mol. The highest BCUT2D eigenvalue weighted by Crippen LogP contribution is 2.15. The third-order valence-corrected chi connectivity index (χ3v) is 2.90. The van der Waals surface area contributed by atoms with Gasteiger partial charge in [0.1, 0.15) is 0 Å². The van der Waals surface area contributed by atoms with Crippen LogP contribution in [0.3, 0.4) is 0 Å². The van der Waals surface area contributed by atoms with Crippen molar-refractivity contribution >= 4 is 22.9 Å². The fourth-order valence-corrected chi connectivity index (χ4v) is 1.82. The molecule has 7 nitrogen and oxygen atoms in total. The van der Waals surface area contributed by atoms with Gasteiger partial charge in [0.2, 0.25) is 0 Å². The van der Waals surface area contributed by atoms with Gasteiger partial charge in [-0.1, -0.05) is 24.3 Å². The summed E-state index contributed by atoms with van der Waals surface area (Å²) >= 11 is 0. The second-order valence-corrected chi connectivity index (χ2v) is 4.41. The second kappa shape index (κ2) is 6.67. The number of hydrogen-bond donors (Lipinski definition) is 4. The maximum atomic E-state index is 11.5. The average molecular weight is 289 g/mol. The van der Waals surface area contributed by atoms with Crippen LogP contribution in [0.25, 0.3) is 10.9 Å². The number of para-hydroxylation sites is 1. The molecule has 0 unspecified atom stereocenters. The Morgan fingerprint density at radius 2 is 1.95 bits per heavy atom. The molecule has 0 aliphatic heterocycles. The molecule has 7 heteroatoms. The highest BCUT2D eigenvalue weighted by atomic mass is 16.4. The molecule has 0 fully saturated rings. The summed E-state index contributed by atoms with van der Waals surface area (Å²) in [5, 5.41) is 23.4. The van der Waals surface area contributed by atoms with Crippen LogP contribution < -0.4 is 10.6 Å². The van der Waals surface area contributed by atoms with Crippen LogP contribution in [0.5, 0.6) is 0 Å². The number of carboxylic acid groups (broad SMARTS) is 1. The van der Waals surface area contributed by atoms with Gasteiger partial charge in [0.25, 0.3) is 0 Å². The molecule has 0 spiro atoms. The molecule has 21 heavy (non-hydrogen) atoms. The number of rotatable bonds is 5. The lowest BCUT2D eigenvalue weighted by molar-refractivity contribution is -0.146. The Labute approximate surface area is 120 Å². The van der Waals surface area contributed by atoms with Gasteiger partial charge in [-0.05, 0) is 11.6 Å². The van der Waals surface area contributed by atoms with Crippen molar-refractivity contribution in [2.75, 3.05) is 6.54 Å². The molecule has 0 aliphatic carbocycles. The van der Waals surface area contributed by atoms with Crippen LogP contribution in [0, 0.1) is 0 Å². The van der Waals surface area contributed by atoms with Crippen molar-refractivity contribution in [2.45, 2.75) is 12.6 Å². The number of aromatic nitrogens is 1. The SMILES string of the molecule is O=C(NCc1cccc2cccnc12)NC[C@H](O)C(=O)O. The highest BCUT2D eigenvalue weighted by molar-refractivity contribution is 5.82. The number of aliphatic hydroxyl groups excluding tert-OH is 1. The maximum absolute atomic E-state index is 11.5. The molecule has 1 heterocycles. The van der Waals surface area contributed by atoms with Gasteiger partial charge in [0, 0.05) is 18.1 Å². The summed E-state index contributed by atoms with van der Waals surface area (Å²) in [5.41, 5.74) is 1.65. The zero-order valence-corrected chi connectivity index (χ0v) is 11.1. The van der Waals surface area contributed by atoms with E-state index < -0.39 is 18.1 Å². The molecule has 1 aromatic carbocycles. The number of hydrogen-bond acceptors (Lipinski definition) is 4. The van der Waals surface area contributed by atoms with E-state index in [9.17, 15) is 9.59 Å². The zero-order valence-electron chi connectivity index (χ0n) is 11.1. The molecule has 2 aromatic rings.